The summed E-state index contributed by atoms with van der Waals surface area (Å²) >= 11 is 0. The van der Waals surface area contributed by atoms with Gasteiger partial charge in [-0.3, -0.25) is 0 Å². The summed E-state index contributed by atoms with van der Waals surface area (Å²) in [5.41, 5.74) is 2.23. The fourth-order valence-electron chi connectivity index (χ4n) is 5.61. The van der Waals surface area contributed by atoms with Crippen LogP contribution < -0.4 is 0 Å². The standard InChI is InChI=1S/C24H35N/c1-3-4-5-19-6-10-21(11-7-19)23-14-15-24(18(2)16-23)22-12-8-20(17-25)9-13-22/h8-9,12-13,18-19,21,23-24H,3-7,10-11,14-16H2,1-2H3/t18?,19-,21-,23?,24?. The van der Waals surface area contributed by atoms with Crippen molar-refractivity contribution < 1.29 is 0 Å². The Morgan fingerprint density at radius 1 is 0.960 bits per heavy atom. The van der Waals surface area contributed by atoms with Crippen LogP contribution in [-0.4, -0.2) is 0 Å². The number of nitriles is 1. The molecular weight excluding hydrogens is 302 g/mol. The van der Waals surface area contributed by atoms with Crippen LogP contribution in [0.4, 0.5) is 0 Å². The lowest BCUT2D eigenvalue weighted by Gasteiger charge is -2.41. The van der Waals surface area contributed by atoms with Gasteiger partial charge in [-0.1, -0.05) is 58.1 Å². The van der Waals surface area contributed by atoms with E-state index in [0.29, 0.717) is 5.92 Å². The molecule has 3 rings (SSSR count). The summed E-state index contributed by atoms with van der Waals surface area (Å²) in [4.78, 5) is 0. The molecule has 1 aromatic carbocycles. The number of hydrogen-bond acceptors (Lipinski definition) is 1. The van der Waals surface area contributed by atoms with Crippen LogP contribution in [-0.2, 0) is 0 Å². The van der Waals surface area contributed by atoms with Gasteiger partial charge in [0.15, 0.2) is 0 Å². The Kier molecular flexibility index (Phi) is 6.57. The fraction of sp³-hybridized carbons (Fsp3) is 0.708. The molecule has 1 aromatic rings. The molecule has 0 N–H and O–H groups in total. The Hall–Kier alpha value is -1.29. The summed E-state index contributed by atoms with van der Waals surface area (Å²) in [7, 11) is 0. The van der Waals surface area contributed by atoms with E-state index in [1.165, 1.54) is 69.8 Å². The molecule has 2 aliphatic carbocycles. The average Bonchev–Trinajstić information content (AvgIpc) is 2.67. The van der Waals surface area contributed by atoms with E-state index in [1.54, 1.807) is 0 Å². The molecule has 0 aromatic heterocycles. The number of nitrogens with zero attached hydrogens (tertiary/aromatic N) is 1. The zero-order chi connectivity index (χ0) is 17.6. The Bertz CT molecular complexity index is 559. The minimum atomic E-state index is 0.699. The van der Waals surface area contributed by atoms with Crippen molar-refractivity contribution in [3.8, 4) is 6.07 Å². The van der Waals surface area contributed by atoms with Crippen molar-refractivity contribution >= 4 is 0 Å². The summed E-state index contributed by atoms with van der Waals surface area (Å²) in [5.74, 6) is 4.48. The first-order chi connectivity index (χ1) is 12.2. The Morgan fingerprint density at radius 3 is 2.24 bits per heavy atom. The normalized spacial score (nSPS) is 32.9. The van der Waals surface area contributed by atoms with Gasteiger partial charge in [-0.15, -0.1) is 0 Å². The van der Waals surface area contributed by atoms with Crippen molar-refractivity contribution in [2.75, 3.05) is 0 Å². The third-order valence-corrected chi connectivity index (χ3v) is 7.20. The van der Waals surface area contributed by atoms with Crippen LogP contribution in [0, 0.1) is 35.0 Å². The highest BCUT2D eigenvalue weighted by molar-refractivity contribution is 5.33. The van der Waals surface area contributed by atoms with Gasteiger partial charge in [-0.2, -0.15) is 5.26 Å². The van der Waals surface area contributed by atoms with Crippen molar-refractivity contribution in [1.82, 2.24) is 0 Å². The lowest BCUT2D eigenvalue weighted by molar-refractivity contribution is 0.130. The highest BCUT2D eigenvalue weighted by Gasteiger charge is 2.34. The van der Waals surface area contributed by atoms with E-state index in [0.717, 1.165) is 29.2 Å². The van der Waals surface area contributed by atoms with Crippen molar-refractivity contribution in [1.29, 1.82) is 5.26 Å². The molecule has 0 saturated heterocycles. The van der Waals surface area contributed by atoms with E-state index in [4.69, 9.17) is 5.26 Å². The van der Waals surface area contributed by atoms with Crippen molar-refractivity contribution in [3.05, 3.63) is 35.4 Å². The Morgan fingerprint density at radius 2 is 1.64 bits per heavy atom. The van der Waals surface area contributed by atoms with Crippen LogP contribution in [0.15, 0.2) is 24.3 Å². The molecule has 3 unspecified atom stereocenters. The first-order valence-electron chi connectivity index (χ1n) is 10.7. The maximum atomic E-state index is 8.99. The second-order valence-electron chi connectivity index (χ2n) is 8.81. The number of unbranched alkanes of at least 4 members (excludes halogenated alkanes) is 1. The zero-order valence-electron chi connectivity index (χ0n) is 16.2. The smallest absolute Gasteiger partial charge is 0.0991 e. The van der Waals surface area contributed by atoms with Gasteiger partial charge in [0.2, 0.25) is 0 Å². The molecule has 2 fully saturated rings. The topological polar surface area (TPSA) is 23.8 Å². The monoisotopic (exact) mass is 337 g/mol. The van der Waals surface area contributed by atoms with E-state index < -0.39 is 0 Å². The van der Waals surface area contributed by atoms with E-state index in [1.807, 2.05) is 12.1 Å². The Balaban J connectivity index is 1.51. The van der Waals surface area contributed by atoms with E-state index in [9.17, 15) is 0 Å². The van der Waals surface area contributed by atoms with Crippen LogP contribution in [0.25, 0.3) is 0 Å². The SMILES string of the molecule is CCCC[C@H]1CC[C@H](C2CCC(c3ccc(C#N)cc3)C(C)C2)CC1. The first-order valence-corrected chi connectivity index (χ1v) is 10.7. The molecule has 2 saturated carbocycles. The number of rotatable bonds is 5. The van der Waals surface area contributed by atoms with Gasteiger partial charge in [-0.05, 0) is 79.4 Å². The molecule has 0 bridgehead atoms. The summed E-state index contributed by atoms with van der Waals surface area (Å²) in [5, 5.41) is 8.99. The molecule has 0 heterocycles. The van der Waals surface area contributed by atoms with Gasteiger partial charge in [0.1, 0.15) is 0 Å². The molecular formula is C24H35N. The lowest BCUT2D eigenvalue weighted by atomic mass is 9.65. The summed E-state index contributed by atoms with van der Waals surface area (Å²) in [6.07, 6.45) is 14.4. The van der Waals surface area contributed by atoms with Gasteiger partial charge < -0.3 is 0 Å². The van der Waals surface area contributed by atoms with E-state index in [2.05, 4.69) is 32.0 Å². The summed E-state index contributed by atoms with van der Waals surface area (Å²) in [6.45, 7) is 4.78. The van der Waals surface area contributed by atoms with Crippen molar-refractivity contribution in [2.24, 2.45) is 23.7 Å². The van der Waals surface area contributed by atoms with Crippen LogP contribution in [0.3, 0.4) is 0 Å². The zero-order valence-corrected chi connectivity index (χ0v) is 16.2. The fourth-order valence-corrected chi connectivity index (χ4v) is 5.61. The molecule has 0 amide bonds. The molecule has 136 valence electrons. The lowest BCUT2D eigenvalue weighted by Crippen LogP contribution is -2.29. The third kappa shape index (κ3) is 4.66. The first kappa shape index (κ1) is 18.5. The highest BCUT2D eigenvalue weighted by atomic mass is 14.4. The Labute approximate surface area is 154 Å². The number of benzene rings is 1. The predicted octanol–water partition coefficient (Wildman–Crippen LogP) is 7.07. The molecule has 0 spiro atoms. The number of hydrogen-bond donors (Lipinski definition) is 0. The quantitative estimate of drug-likeness (QED) is 0.563. The van der Waals surface area contributed by atoms with Crippen LogP contribution in [0.2, 0.25) is 0 Å². The largest absolute Gasteiger partial charge is 0.192 e. The molecule has 1 nitrogen and oxygen atoms in total. The predicted molar refractivity (Wildman–Crippen MR) is 105 cm³/mol. The van der Waals surface area contributed by atoms with Gasteiger partial charge in [0.05, 0.1) is 11.6 Å². The molecule has 0 aliphatic heterocycles. The summed E-state index contributed by atoms with van der Waals surface area (Å²) in [6, 6.07) is 10.6. The van der Waals surface area contributed by atoms with Gasteiger partial charge in [0, 0.05) is 0 Å². The summed E-state index contributed by atoms with van der Waals surface area (Å²) < 4.78 is 0. The molecule has 3 atom stereocenters. The van der Waals surface area contributed by atoms with Gasteiger partial charge in [-0.25, -0.2) is 0 Å². The maximum absolute atomic E-state index is 8.99. The molecule has 0 radical (unpaired) electrons. The van der Waals surface area contributed by atoms with Gasteiger partial charge in [0.25, 0.3) is 0 Å². The average molecular weight is 338 g/mol. The maximum Gasteiger partial charge on any atom is 0.0991 e. The van der Waals surface area contributed by atoms with Crippen LogP contribution >= 0.6 is 0 Å². The highest BCUT2D eigenvalue weighted by Crippen LogP contribution is 2.46. The van der Waals surface area contributed by atoms with E-state index in [-0.39, 0.29) is 0 Å². The second kappa shape index (κ2) is 8.88. The van der Waals surface area contributed by atoms with Crippen LogP contribution in [0.1, 0.15) is 95.1 Å². The minimum absolute atomic E-state index is 0.699. The van der Waals surface area contributed by atoms with Gasteiger partial charge >= 0.3 is 0 Å². The van der Waals surface area contributed by atoms with Crippen molar-refractivity contribution in [3.63, 3.8) is 0 Å². The molecule has 1 heteroatoms. The molecule has 2 aliphatic rings. The molecule has 25 heavy (non-hydrogen) atoms. The van der Waals surface area contributed by atoms with Crippen LogP contribution in [0.5, 0.6) is 0 Å². The van der Waals surface area contributed by atoms with E-state index >= 15 is 0 Å². The van der Waals surface area contributed by atoms with Crippen molar-refractivity contribution in [2.45, 2.75) is 84.0 Å². The third-order valence-electron chi connectivity index (χ3n) is 7.20. The minimum Gasteiger partial charge on any atom is -0.192 e. The second-order valence-corrected chi connectivity index (χ2v) is 8.81.